The summed E-state index contributed by atoms with van der Waals surface area (Å²) in [6.07, 6.45) is 1.06. The van der Waals surface area contributed by atoms with Crippen LogP contribution in [0.4, 0.5) is 4.39 Å². The van der Waals surface area contributed by atoms with Crippen LogP contribution < -0.4 is 0 Å². The number of sulfonamides is 1. The van der Waals surface area contributed by atoms with Crippen LogP contribution in [0.5, 0.6) is 0 Å². The van der Waals surface area contributed by atoms with Gasteiger partial charge in [0.15, 0.2) is 0 Å². The van der Waals surface area contributed by atoms with Crippen molar-refractivity contribution in [1.82, 2.24) is 4.31 Å². The molecule has 0 aliphatic heterocycles. The van der Waals surface area contributed by atoms with Crippen LogP contribution >= 0.6 is 0 Å². The molecule has 0 aliphatic carbocycles. The van der Waals surface area contributed by atoms with Crippen molar-refractivity contribution in [2.75, 3.05) is 34.2 Å². The lowest BCUT2D eigenvalue weighted by Gasteiger charge is -2.31. The van der Waals surface area contributed by atoms with Crippen molar-refractivity contribution >= 4 is 10.0 Å². The smallest absolute Gasteiger partial charge is 0.283 e. The molecule has 0 atom stereocenters. The molecule has 1 aromatic rings. The van der Waals surface area contributed by atoms with E-state index in [0.29, 0.717) is 23.5 Å². The maximum absolute atomic E-state index is 11.9. The Morgan fingerprint density at radius 3 is 2.28 bits per heavy atom. The topological polar surface area (TPSA) is 37.4 Å². The average molecular weight is 365 g/mol. The Balaban J connectivity index is 2.68. The quantitative estimate of drug-likeness (QED) is 0.550. The second-order valence-corrected chi connectivity index (χ2v) is 8.76. The van der Waals surface area contributed by atoms with Gasteiger partial charge in [0.25, 0.3) is 10.0 Å². The monoisotopic (exact) mass is 365 g/mol. The van der Waals surface area contributed by atoms with Gasteiger partial charge in [0, 0.05) is 24.5 Å². The summed E-state index contributed by atoms with van der Waals surface area (Å²) in [5.74, 6) is 4.27. The number of rotatable bonds is 7. The van der Waals surface area contributed by atoms with E-state index in [9.17, 15) is 12.8 Å². The van der Waals surface area contributed by atoms with E-state index in [1.54, 1.807) is 5.92 Å². The van der Waals surface area contributed by atoms with Gasteiger partial charge in [-0.15, -0.1) is 4.39 Å². The number of nitrogens with zero attached hydrogens (tertiary/aromatic N) is 2. The molecule has 4 nitrogen and oxygen atoms in total. The van der Waals surface area contributed by atoms with Gasteiger partial charge in [0.2, 0.25) is 0 Å². The highest BCUT2D eigenvalue weighted by molar-refractivity contribution is 7.93. The van der Waals surface area contributed by atoms with E-state index in [2.05, 4.69) is 52.2 Å². The van der Waals surface area contributed by atoms with Crippen LogP contribution in [0.3, 0.4) is 0 Å². The molecule has 0 aliphatic rings. The molecule has 1 rings (SSSR count). The van der Waals surface area contributed by atoms with Gasteiger partial charge in [-0.2, -0.15) is 12.7 Å². The van der Waals surface area contributed by atoms with E-state index < -0.39 is 10.0 Å². The second kappa shape index (κ2) is 9.01. The lowest BCUT2D eigenvalue weighted by molar-refractivity contribution is -0.902. The van der Waals surface area contributed by atoms with Gasteiger partial charge in [-0.05, 0) is 11.5 Å². The molecule has 0 saturated carbocycles. The number of likely N-dealkylation sites (N-methyl/N-ethyl adjacent to an activating group) is 2. The molecule has 0 heterocycles. The Kier molecular flexibility index (Phi) is 7.63. The third kappa shape index (κ3) is 7.27. The first kappa shape index (κ1) is 21.2. The van der Waals surface area contributed by atoms with Crippen LogP contribution in [-0.4, -0.2) is 51.4 Å². The summed E-state index contributed by atoms with van der Waals surface area (Å²) in [5.41, 5.74) is 2.51. The number of halogens is 1. The minimum atomic E-state index is -3.75. The van der Waals surface area contributed by atoms with Crippen LogP contribution in [-0.2, 0) is 16.6 Å². The maximum Gasteiger partial charge on any atom is 0.283 e. The van der Waals surface area contributed by atoms with Crippen LogP contribution in [0.1, 0.15) is 30.9 Å². The zero-order valence-electron chi connectivity index (χ0n) is 15.5. The minimum absolute atomic E-state index is 0.317. The fourth-order valence-corrected chi connectivity index (χ4v) is 2.96. The standard InChI is InChI=1S/C19H26FN2O2S/c1-17(2)19-10-8-18(9-11-19)16-22(4,5)14-13-21(3)25(23,24)15-7-6-12-20/h8-11,17H,13-14,16H2,1-5H3/q+1. The summed E-state index contributed by atoms with van der Waals surface area (Å²) in [6.45, 7) is 6.06. The van der Waals surface area contributed by atoms with Crippen molar-refractivity contribution in [3.63, 3.8) is 0 Å². The number of hydrogen-bond donors (Lipinski definition) is 0. The Labute approximate surface area is 151 Å². The molecule has 6 heteroatoms. The molecule has 0 spiro atoms. The summed E-state index contributed by atoms with van der Waals surface area (Å²) >= 11 is 0. The van der Waals surface area contributed by atoms with E-state index in [4.69, 9.17) is 0 Å². The van der Waals surface area contributed by atoms with Crippen molar-refractivity contribution in [1.29, 1.82) is 0 Å². The van der Waals surface area contributed by atoms with Crippen LogP contribution in [0.15, 0.2) is 24.3 Å². The molecule has 0 aromatic heterocycles. The van der Waals surface area contributed by atoms with Crippen molar-refractivity contribution in [2.45, 2.75) is 26.3 Å². The Morgan fingerprint density at radius 1 is 1.16 bits per heavy atom. The van der Waals surface area contributed by atoms with Crippen molar-refractivity contribution in [3.05, 3.63) is 35.4 Å². The number of quaternary nitrogens is 1. The van der Waals surface area contributed by atoms with Crippen molar-refractivity contribution < 1.29 is 17.3 Å². The zero-order chi connectivity index (χ0) is 19.1. The van der Waals surface area contributed by atoms with Gasteiger partial charge in [-0.3, -0.25) is 0 Å². The normalized spacial score (nSPS) is 11.7. The Bertz CT molecular complexity index is 792. The molecule has 1 aromatic carbocycles. The highest BCUT2D eigenvalue weighted by Gasteiger charge is 2.21. The molecular formula is C19H26FN2O2S+. The molecule has 0 unspecified atom stereocenters. The van der Waals surface area contributed by atoms with E-state index in [0.717, 1.165) is 12.7 Å². The predicted molar refractivity (Wildman–Crippen MR) is 99.4 cm³/mol. The average Bonchev–Trinajstić information content (AvgIpc) is 2.53. The van der Waals surface area contributed by atoms with Gasteiger partial charge in [0.1, 0.15) is 12.7 Å². The SMILES string of the molecule is CC(C)c1ccc(C[N+](C)(C)CCN(C)S(=O)(=O)C#CC#CF)cc1. The summed E-state index contributed by atoms with van der Waals surface area (Å²) in [5, 5.41) is 1.99. The molecular weight excluding hydrogens is 339 g/mol. The van der Waals surface area contributed by atoms with E-state index in [-0.39, 0.29) is 0 Å². The third-order valence-electron chi connectivity index (χ3n) is 3.98. The fraction of sp³-hybridized carbons (Fsp3) is 0.474. The van der Waals surface area contributed by atoms with E-state index in [1.807, 2.05) is 11.2 Å². The number of hydrogen-bond acceptors (Lipinski definition) is 2. The molecule has 136 valence electrons. The molecule has 0 bridgehead atoms. The highest BCUT2D eigenvalue weighted by Crippen LogP contribution is 2.17. The molecule has 0 amide bonds. The lowest BCUT2D eigenvalue weighted by Crippen LogP contribution is -2.44. The fourth-order valence-electron chi connectivity index (χ4n) is 2.30. The largest absolute Gasteiger partial charge is 0.324 e. The van der Waals surface area contributed by atoms with E-state index >= 15 is 0 Å². The van der Waals surface area contributed by atoms with Crippen LogP contribution in [0.25, 0.3) is 0 Å². The second-order valence-electron chi connectivity index (χ2n) is 6.99. The molecule has 0 radical (unpaired) electrons. The van der Waals surface area contributed by atoms with Gasteiger partial charge >= 0.3 is 0 Å². The molecule has 0 saturated heterocycles. The van der Waals surface area contributed by atoms with Crippen molar-refractivity contribution in [3.8, 4) is 23.3 Å². The first-order chi connectivity index (χ1) is 11.6. The van der Waals surface area contributed by atoms with Gasteiger partial charge < -0.3 is 4.48 Å². The van der Waals surface area contributed by atoms with Gasteiger partial charge in [-0.1, -0.05) is 38.1 Å². The minimum Gasteiger partial charge on any atom is -0.324 e. The lowest BCUT2D eigenvalue weighted by atomic mass is 10.0. The summed E-state index contributed by atoms with van der Waals surface area (Å²) in [6, 6.07) is 8.52. The van der Waals surface area contributed by atoms with Crippen LogP contribution in [0.2, 0.25) is 0 Å². The summed E-state index contributed by atoms with van der Waals surface area (Å²) < 4.78 is 37.4. The zero-order valence-corrected chi connectivity index (χ0v) is 16.3. The summed E-state index contributed by atoms with van der Waals surface area (Å²) in [4.78, 5) is 0. The molecule has 0 fully saturated rings. The Hall–Kier alpha value is -1.86. The highest BCUT2D eigenvalue weighted by atomic mass is 32.2. The van der Waals surface area contributed by atoms with E-state index in [1.165, 1.54) is 22.5 Å². The first-order valence-electron chi connectivity index (χ1n) is 8.07. The Morgan fingerprint density at radius 2 is 1.76 bits per heavy atom. The maximum atomic E-state index is 11.9. The number of benzene rings is 1. The first-order valence-corrected chi connectivity index (χ1v) is 9.51. The van der Waals surface area contributed by atoms with Gasteiger partial charge in [0.05, 0.1) is 32.4 Å². The van der Waals surface area contributed by atoms with Gasteiger partial charge in [-0.25, -0.2) is 0 Å². The summed E-state index contributed by atoms with van der Waals surface area (Å²) in [7, 11) is 1.82. The molecule has 25 heavy (non-hydrogen) atoms. The van der Waals surface area contributed by atoms with Crippen LogP contribution in [0, 0.1) is 23.3 Å². The predicted octanol–water partition coefficient (Wildman–Crippen LogP) is 2.54. The molecule has 0 N–H and O–H groups in total. The van der Waals surface area contributed by atoms with Crippen molar-refractivity contribution in [2.24, 2.45) is 0 Å². The third-order valence-corrected chi connectivity index (χ3v) is 5.34.